The number of benzene rings is 2. The van der Waals surface area contributed by atoms with E-state index in [0.717, 1.165) is 19.3 Å². The highest BCUT2D eigenvalue weighted by atomic mass is 19.4. The Bertz CT molecular complexity index is 1410. The van der Waals surface area contributed by atoms with Gasteiger partial charge in [-0.3, -0.25) is 9.78 Å². The highest BCUT2D eigenvalue weighted by molar-refractivity contribution is 6.16. The van der Waals surface area contributed by atoms with Crippen molar-refractivity contribution >= 4 is 22.3 Å². The number of carbonyl (C=O) groups excluding carboxylic acids is 1. The predicted molar refractivity (Wildman–Crippen MR) is 119 cm³/mol. The summed E-state index contributed by atoms with van der Waals surface area (Å²) in [7, 11) is 0. The van der Waals surface area contributed by atoms with Crippen LogP contribution in [0.15, 0.2) is 53.9 Å². The van der Waals surface area contributed by atoms with E-state index in [2.05, 4.69) is 10.1 Å². The van der Waals surface area contributed by atoms with Crippen LogP contribution in [0.25, 0.3) is 10.8 Å². The van der Waals surface area contributed by atoms with Crippen LogP contribution in [-0.4, -0.2) is 22.7 Å². The van der Waals surface area contributed by atoms with Gasteiger partial charge in [-0.1, -0.05) is 36.2 Å². The maximum atomic E-state index is 14.3. The molecule has 2 aliphatic rings. The van der Waals surface area contributed by atoms with Crippen LogP contribution in [0.3, 0.4) is 0 Å². The van der Waals surface area contributed by atoms with E-state index >= 15 is 0 Å². The topological polar surface area (TPSA) is 51.5 Å². The molecule has 194 valence electrons. The van der Waals surface area contributed by atoms with Gasteiger partial charge in [0.25, 0.3) is 5.60 Å². The van der Waals surface area contributed by atoms with Gasteiger partial charge in [0.15, 0.2) is 5.78 Å². The van der Waals surface area contributed by atoms with Crippen molar-refractivity contribution in [3.63, 3.8) is 0 Å². The van der Waals surface area contributed by atoms with E-state index in [-0.39, 0.29) is 23.1 Å². The normalized spacial score (nSPS) is 20.1. The Morgan fingerprint density at radius 1 is 1.03 bits per heavy atom. The van der Waals surface area contributed by atoms with Gasteiger partial charge in [0.05, 0.1) is 11.3 Å². The van der Waals surface area contributed by atoms with Crippen molar-refractivity contribution in [2.75, 3.05) is 0 Å². The van der Waals surface area contributed by atoms with Gasteiger partial charge in [0.1, 0.15) is 5.82 Å². The number of Topliss-reactive ketones (excluding diaryl/α,β-unsaturated/α-hetero) is 1. The molecule has 1 aliphatic carbocycles. The molecule has 1 aliphatic heterocycles. The van der Waals surface area contributed by atoms with Gasteiger partial charge in [-0.15, -0.1) is 0 Å². The molecule has 4 nitrogen and oxygen atoms in total. The van der Waals surface area contributed by atoms with E-state index in [1.165, 1.54) is 30.6 Å². The van der Waals surface area contributed by atoms with Gasteiger partial charge in [-0.25, -0.2) is 4.39 Å². The van der Waals surface area contributed by atoms with E-state index in [1.807, 2.05) is 0 Å². The van der Waals surface area contributed by atoms with Gasteiger partial charge in [-0.2, -0.15) is 26.3 Å². The fourth-order valence-corrected chi connectivity index (χ4v) is 4.60. The van der Waals surface area contributed by atoms with Crippen molar-refractivity contribution in [1.82, 2.24) is 4.98 Å². The monoisotopic (exact) mass is 524 g/mol. The maximum absolute atomic E-state index is 14.3. The summed E-state index contributed by atoms with van der Waals surface area (Å²) in [6.07, 6.45) is -5.22. The van der Waals surface area contributed by atoms with E-state index in [9.17, 15) is 35.5 Å². The molecular formula is C26H19F7N2O2. The van der Waals surface area contributed by atoms with Crippen LogP contribution in [0.2, 0.25) is 0 Å². The molecule has 1 aromatic heterocycles. The van der Waals surface area contributed by atoms with Crippen LogP contribution in [0.1, 0.15) is 59.2 Å². The molecule has 1 fully saturated rings. The lowest BCUT2D eigenvalue weighted by atomic mass is 9.84. The first kappa shape index (κ1) is 25.2. The summed E-state index contributed by atoms with van der Waals surface area (Å²) in [5.74, 6) is -1.28. The number of hydrogen-bond donors (Lipinski definition) is 0. The zero-order valence-electron chi connectivity index (χ0n) is 19.1. The lowest BCUT2D eigenvalue weighted by molar-refractivity contribution is -0.276. The predicted octanol–water partition coefficient (Wildman–Crippen LogP) is 7.35. The fraction of sp³-hybridized carbons (Fsp3) is 0.346. The average Bonchev–Trinajstić information content (AvgIpc) is 3.56. The van der Waals surface area contributed by atoms with Gasteiger partial charge < -0.3 is 4.84 Å². The van der Waals surface area contributed by atoms with Crippen LogP contribution in [0.4, 0.5) is 30.7 Å². The van der Waals surface area contributed by atoms with E-state index in [0.29, 0.717) is 40.8 Å². The summed E-state index contributed by atoms with van der Waals surface area (Å²) in [6.45, 7) is 0. The minimum Gasteiger partial charge on any atom is -0.374 e. The number of alkyl halides is 6. The van der Waals surface area contributed by atoms with Crippen molar-refractivity contribution in [3.05, 3.63) is 76.9 Å². The molecule has 2 aromatic carbocycles. The largest absolute Gasteiger partial charge is 0.435 e. The zero-order valence-corrected chi connectivity index (χ0v) is 19.1. The van der Waals surface area contributed by atoms with Crippen molar-refractivity contribution in [2.45, 2.75) is 50.1 Å². The first-order chi connectivity index (χ1) is 17.4. The SMILES string of the molecule is O=C(CCC1CC1)c1ccc(C2=NOC(c3ccc(F)c(C(F)(F)F)c3)(C(F)(F)F)C2)c2ccncc12. The number of oxime groups is 1. The molecular weight excluding hydrogens is 505 g/mol. The zero-order chi connectivity index (χ0) is 26.6. The Kier molecular flexibility index (Phi) is 5.99. The molecule has 1 atom stereocenters. The minimum atomic E-state index is -5.21. The summed E-state index contributed by atoms with van der Waals surface area (Å²) in [5, 5.41) is 4.46. The smallest absolute Gasteiger partial charge is 0.374 e. The van der Waals surface area contributed by atoms with Crippen molar-refractivity contribution in [3.8, 4) is 0 Å². The first-order valence-corrected chi connectivity index (χ1v) is 11.5. The van der Waals surface area contributed by atoms with Gasteiger partial charge in [0, 0.05) is 47.3 Å². The molecule has 0 radical (unpaired) electrons. The summed E-state index contributed by atoms with van der Waals surface area (Å²) in [4.78, 5) is 21.7. The van der Waals surface area contributed by atoms with Gasteiger partial charge in [-0.05, 0) is 35.9 Å². The number of hydrogen-bond acceptors (Lipinski definition) is 4. The third-order valence-corrected chi connectivity index (χ3v) is 6.83. The Hall–Kier alpha value is -3.50. The van der Waals surface area contributed by atoms with Crippen LogP contribution in [0, 0.1) is 11.7 Å². The third kappa shape index (κ3) is 4.55. The van der Waals surface area contributed by atoms with Gasteiger partial charge >= 0.3 is 12.4 Å². The Morgan fingerprint density at radius 2 is 1.78 bits per heavy atom. The number of halogens is 7. The van der Waals surface area contributed by atoms with Crippen molar-refractivity contribution < 1.29 is 40.4 Å². The molecule has 0 spiro atoms. The summed E-state index contributed by atoms with van der Waals surface area (Å²) in [5.41, 5.74) is -5.60. The first-order valence-electron chi connectivity index (χ1n) is 11.5. The molecule has 1 saturated carbocycles. The number of aromatic nitrogens is 1. The van der Waals surface area contributed by atoms with Crippen molar-refractivity contribution in [2.24, 2.45) is 11.1 Å². The lowest BCUT2D eigenvalue weighted by Crippen LogP contribution is -2.43. The van der Waals surface area contributed by atoms with Crippen LogP contribution in [0.5, 0.6) is 0 Å². The third-order valence-electron chi connectivity index (χ3n) is 6.83. The molecule has 2 heterocycles. The fourth-order valence-electron chi connectivity index (χ4n) is 4.60. The highest BCUT2D eigenvalue weighted by Crippen LogP contribution is 2.50. The Morgan fingerprint density at radius 3 is 2.46 bits per heavy atom. The second kappa shape index (κ2) is 8.81. The molecule has 0 N–H and O–H groups in total. The van der Waals surface area contributed by atoms with Crippen LogP contribution in [-0.2, 0) is 16.6 Å². The maximum Gasteiger partial charge on any atom is 0.435 e. The van der Waals surface area contributed by atoms with Crippen LogP contribution < -0.4 is 0 Å². The molecule has 0 saturated heterocycles. The van der Waals surface area contributed by atoms with E-state index in [1.54, 1.807) is 0 Å². The second-order valence-corrected chi connectivity index (χ2v) is 9.31. The Balaban J connectivity index is 1.53. The number of nitrogens with zero attached hydrogens (tertiary/aromatic N) is 2. The number of fused-ring (bicyclic) bond motifs is 1. The summed E-state index contributed by atoms with van der Waals surface area (Å²) in [6, 6.07) is 5.51. The summed E-state index contributed by atoms with van der Waals surface area (Å²) >= 11 is 0. The quantitative estimate of drug-likeness (QED) is 0.250. The highest BCUT2D eigenvalue weighted by Gasteiger charge is 2.62. The molecule has 37 heavy (non-hydrogen) atoms. The number of ketones is 1. The second-order valence-electron chi connectivity index (χ2n) is 9.31. The van der Waals surface area contributed by atoms with E-state index < -0.39 is 41.3 Å². The molecule has 0 amide bonds. The lowest BCUT2D eigenvalue weighted by Gasteiger charge is -2.30. The van der Waals surface area contributed by atoms with Crippen LogP contribution >= 0.6 is 0 Å². The Labute approximate surface area is 206 Å². The molecule has 11 heteroatoms. The number of carbonyl (C=O) groups is 1. The number of pyridine rings is 1. The standard InChI is InChI=1S/C26H19F7N2O2/c27-21-7-4-15(11-20(21)25(28,29)30)24(26(31,32)33)12-22(35-37-24)17-5-6-18(19-13-34-10-9-16(17)19)23(36)8-3-14-1-2-14/h4-7,9-11,13-14H,1-3,8,12H2. The average molecular weight is 524 g/mol. The molecule has 5 rings (SSSR count). The molecule has 3 aromatic rings. The summed E-state index contributed by atoms with van der Waals surface area (Å²) < 4.78 is 96.5. The minimum absolute atomic E-state index is 0.102. The van der Waals surface area contributed by atoms with Crippen molar-refractivity contribution in [1.29, 1.82) is 0 Å². The number of rotatable bonds is 6. The van der Waals surface area contributed by atoms with Gasteiger partial charge in [0.2, 0.25) is 0 Å². The molecule has 1 unspecified atom stereocenters. The van der Waals surface area contributed by atoms with E-state index in [4.69, 9.17) is 4.84 Å². The molecule has 0 bridgehead atoms.